The van der Waals surface area contributed by atoms with Gasteiger partial charge in [-0.2, -0.15) is 8.42 Å². The number of aryl methyl sites for hydroxylation is 1. The molecule has 0 radical (unpaired) electrons. The largest absolute Gasteiger partial charge is 0.445 e. The first-order chi connectivity index (χ1) is 6.27. The molecule has 1 heterocycles. The summed E-state index contributed by atoms with van der Waals surface area (Å²) in [6, 6.07) is 7.47. The van der Waals surface area contributed by atoms with Gasteiger partial charge in [-0.1, -0.05) is 18.2 Å². The molecule has 1 aromatic rings. The fourth-order valence-electron chi connectivity index (χ4n) is 1.34. The zero-order valence-corrected chi connectivity index (χ0v) is 7.67. The molecule has 0 saturated heterocycles. The van der Waals surface area contributed by atoms with Crippen molar-refractivity contribution in [3.8, 4) is 5.75 Å². The molecule has 1 aromatic carbocycles. The second-order valence-corrected chi connectivity index (χ2v) is 3.74. The van der Waals surface area contributed by atoms with Crippen LogP contribution < -0.4 is 4.74 Å². The Kier molecular flexibility index (Phi) is 2.06. The summed E-state index contributed by atoms with van der Waals surface area (Å²) in [5.41, 5.74) is 1.07. The summed E-state index contributed by atoms with van der Waals surface area (Å²) in [7, 11) is -2.21. The summed E-state index contributed by atoms with van der Waals surface area (Å²) in [4.78, 5) is 0. The molecule has 13 heavy (non-hydrogen) atoms. The molecule has 0 spiro atoms. The minimum absolute atomic E-state index is 0.138. The molecule has 2 rings (SSSR count). The number of fused-ring (bicyclic) bond motifs is 1. The molecule has 0 N–H and O–H groups in total. The van der Waals surface area contributed by atoms with Crippen LogP contribution in [0.5, 0.6) is 5.75 Å². The van der Waals surface area contributed by atoms with Gasteiger partial charge < -0.3 is 4.74 Å². The highest BCUT2D eigenvalue weighted by molar-refractivity contribution is 7.72. The number of benzene rings is 1. The molecular weight excluding hydrogens is 188 g/mol. The Balaban J connectivity index is 2.46. The quantitative estimate of drug-likeness (QED) is 0.582. The average Bonchev–Trinajstić information content (AvgIpc) is 2.17. The normalized spacial score (nSPS) is 14.6. The molecule has 3 nitrogen and oxygen atoms in total. The summed E-state index contributed by atoms with van der Waals surface area (Å²) in [6.45, 7) is 0. The SMILES string of the molecule is O=S(=O)=C1CCc2ccccc2O1. The monoisotopic (exact) mass is 196 g/mol. The van der Waals surface area contributed by atoms with E-state index in [-0.39, 0.29) is 5.05 Å². The highest BCUT2D eigenvalue weighted by atomic mass is 32.2. The van der Waals surface area contributed by atoms with Crippen molar-refractivity contribution in [2.24, 2.45) is 0 Å². The topological polar surface area (TPSA) is 43.4 Å². The van der Waals surface area contributed by atoms with E-state index >= 15 is 0 Å². The highest BCUT2D eigenvalue weighted by Crippen LogP contribution is 2.24. The Hall–Kier alpha value is -1.29. The van der Waals surface area contributed by atoms with Gasteiger partial charge in [0.05, 0.1) is 0 Å². The van der Waals surface area contributed by atoms with Crippen LogP contribution in [0, 0.1) is 0 Å². The van der Waals surface area contributed by atoms with Gasteiger partial charge in [-0.25, -0.2) is 0 Å². The van der Waals surface area contributed by atoms with E-state index < -0.39 is 10.3 Å². The van der Waals surface area contributed by atoms with Crippen LogP contribution in [-0.2, 0) is 16.7 Å². The predicted octanol–water partition coefficient (Wildman–Crippen LogP) is 1.02. The van der Waals surface area contributed by atoms with Crippen LogP contribution in [-0.4, -0.2) is 13.5 Å². The summed E-state index contributed by atoms with van der Waals surface area (Å²) >= 11 is 0. The zero-order chi connectivity index (χ0) is 9.26. The van der Waals surface area contributed by atoms with Crippen LogP contribution in [0.2, 0.25) is 0 Å². The van der Waals surface area contributed by atoms with Crippen LogP contribution in [0.3, 0.4) is 0 Å². The zero-order valence-electron chi connectivity index (χ0n) is 6.86. The Morgan fingerprint density at radius 1 is 1.15 bits per heavy atom. The Labute approximate surface area is 77.5 Å². The van der Waals surface area contributed by atoms with Crippen molar-refractivity contribution in [2.45, 2.75) is 12.8 Å². The summed E-state index contributed by atoms with van der Waals surface area (Å²) in [5.74, 6) is 0.660. The van der Waals surface area contributed by atoms with Crippen LogP contribution in [0.4, 0.5) is 0 Å². The standard InChI is InChI=1S/C9H8O3S/c10-13(11)9-6-5-7-3-1-2-4-8(7)12-9/h1-4H,5-6H2. The number of ether oxygens (including phenoxy) is 1. The van der Waals surface area contributed by atoms with E-state index in [4.69, 9.17) is 4.74 Å². The lowest BCUT2D eigenvalue weighted by Gasteiger charge is -2.15. The molecule has 0 unspecified atom stereocenters. The summed E-state index contributed by atoms with van der Waals surface area (Å²) in [5, 5.41) is 0.138. The van der Waals surface area contributed by atoms with Crippen LogP contribution >= 0.6 is 0 Å². The molecule has 0 aliphatic carbocycles. The van der Waals surface area contributed by atoms with E-state index in [9.17, 15) is 8.42 Å². The smallest absolute Gasteiger partial charge is 0.253 e. The predicted molar refractivity (Wildman–Crippen MR) is 49.3 cm³/mol. The Morgan fingerprint density at radius 3 is 2.69 bits per heavy atom. The summed E-state index contributed by atoms with van der Waals surface area (Å²) in [6.07, 6.45) is 1.20. The van der Waals surface area contributed by atoms with Crippen LogP contribution in [0.1, 0.15) is 12.0 Å². The van der Waals surface area contributed by atoms with E-state index in [2.05, 4.69) is 0 Å². The first kappa shape index (κ1) is 8.31. The van der Waals surface area contributed by atoms with Crippen molar-refractivity contribution in [3.63, 3.8) is 0 Å². The maximum Gasteiger partial charge on any atom is 0.253 e. The number of rotatable bonds is 0. The molecule has 1 aliphatic heterocycles. The van der Waals surface area contributed by atoms with E-state index in [1.54, 1.807) is 6.07 Å². The van der Waals surface area contributed by atoms with Crippen molar-refractivity contribution in [1.29, 1.82) is 0 Å². The van der Waals surface area contributed by atoms with Crippen molar-refractivity contribution in [3.05, 3.63) is 29.8 Å². The fourth-order valence-corrected chi connectivity index (χ4v) is 1.76. The van der Waals surface area contributed by atoms with Crippen molar-refractivity contribution in [1.82, 2.24) is 0 Å². The second kappa shape index (κ2) is 3.22. The number of hydrogen-bond acceptors (Lipinski definition) is 3. The Bertz CT molecular complexity index is 452. The van der Waals surface area contributed by atoms with E-state index in [1.165, 1.54) is 0 Å². The van der Waals surface area contributed by atoms with E-state index in [1.807, 2.05) is 18.2 Å². The Morgan fingerprint density at radius 2 is 1.92 bits per heavy atom. The third kappa shape index (κ3) is 1.58. The number of hydrogen-bond donors (Lipinski definition) is 0. The lowest BCUT2D eigenvalue weighted by molar-refractivity contribution is 0.513. The number of para-hydroxylation sites is 1. The van der Waals surface area contributed by atoms with Gasteiger partial charge in [0, 0.05) is 6.42 Å². The van der Waals surface area contributed by atoms with Gasteiger partial charge in [-0.05, 0) is 18.1 Å². The van der Waals surface area contributed by atoms with Crippen LogP contribution in [0.25, 0.3) is 0 Å². The van der Waals surface area contributed by atoms with Gasteiger partial charge in [-0.3, -0.25) is 0 Å². The molecule has 0 bridgehead atoms. The maximum atomic E-state index is 10.6. The third-order valence-electron chi connectivity index (χ3n) is 1.98. The first-order valence-electron chi connectivity index (χ1n) is 3.98. The van der Waals surface area contributed by atoms with Gasteiger partial charge in [0.15, 0.2) is 0 Å². The molecule has 4 heteroatoms. The van der Waals surface area contributed by atoms with Crippen molar-refractivity contribution in [2.75, 3.05) is 0 Å². The van der Waals surface area contributed by atoms with Gasteiger partial charge in [0.1, 0.15) is 5.75 Å². The molecule has 0 atom stereocenters. The molecule has 68 valence electrons. The molecule has 1 aliphatic rings. The van der Waals surface area contributed by atoms with Crippen molar-refractivity contribution < 1.29 is 13.2 Å². The average molecular weight is 196 g/mol. The van der Waals surface area contributed by atoms with Gasteiger partial charge in [-0.15, -0.1) is 0 Å². The lowest BCUT2D eigenvalue weighted by Crippen LogP contribution is -2.16. The van der Waals surface area contributed by atoms with E-state index in [0.29, 0.717) is 12.2 Å². The fraction of sp³-hybridized carbons (Fsp3) is 0.222. The lowest BCUT2D eigenvalue weighted by atomic mass is 10.1. The molecule has 0 aromatic heterocycles. The minimum atomic E-state index is -2.21. The van der Waals surface area contributed by atoms with Gasteiger partial charge in [0.25, 0.3) is 10.3 Å². The third-order valence-corrected chi connectivity index (χ3v) is 2.64. The van der Waals surface area contributed by atoms with Crippen molar-refractivity contribution >= 4 is 15.3 Å². The first-order valence-corrected chi connectivity index (χ1v) is 5.06. The highest BCUT2D eigenvalue weighted by Gasteiger charge is 2.15. The second-order valence-electron chi connectivity index (χ2n) is 2.82. The molecule has 0 amide bonds. The molecule has 0 saturated carbocycles. The molecule has 0 fully saturated rings. The molecular formula is C9H8O3S. The van der Waals surface area contributed by atoms with Gasteiger partial charge in [0.2, 0.25) is 5.05 Å². The van der Waals surface area contributed by atoms with Gasteiger partial charge >= 0.3 is 0 Å². The van der Waals surface area contributed by atoms with E-state index in [0.717, 1.165) is 12.0 Å². The summed E-state index contributed by atoms with van der Waals surface area (Å²) < 4.78 is 26.4. The van der Waals surface area contributed by atoms with Crippen LogP contribution in [0.15, 0.2) is 24.3 Å². The minimum Gasteiger partial charge on any atom is -0.445 e. The maximum absolute atomic E-state index is 10.6.